The molecule has 0 heterocycles. The topological polar surface area (TPSA) is 71.4 Å². The standard InChI is InChI=1S/C13H17BrO4S/c1-9(2)19(17,18)7-6-12(13(15)16)10-4-3-5-11(14)8-10/h3-5,8-9,12H,6-7H2,1-2H3,(H,15,16). The third-order valence-electron chi connectivity index (χ3n) is 2.96. The summed E-state index contributed by atoms with van der Waals surface area (Å²) in [6.07, 6.45) is 0.0896. The van der Waals surface area contributed by atoms with Crippen molar-refractivity contribution in [1.29, 1.82) is 0 Å². The lowest BCUT2D eigenvalue weighted by molar-refractivity contribution is -0.138. The summed E-state index contributed by atoms with van der Waals surface area (Å²) < 4.78 is 24.3. The first-order valence-electron chi connectivity index (χ1n) is 5.94. The molecule has 1 atom stereocenters. The highest BCUT2D eigenvalue weighted by molar-refractivity contribution is 9.10. The van der Waals surface area contributed by atoms with E-state index in [2.05, 4.69) is 15.9 Å². The fraction of sp³-hybridized carbons (Fsp3) is 0.462. The number of benzene rings is 1. The van der Waals surface area contributed by atoms with E-state index in [0.29, 0.717) is 5.56 Å². The molecule has 1 aromatic carbocycles. The summed E-state index contributed by atoms with van der Waals surface area (Å²) >= 11 is 3.28. The monoisotopic (exact) mass is 348 g/mol. The van der Waals surface area contributed by atoms with Gasteiger partial charge in [-0.3, -0.25) is 4.79 Å². The van der Waals surface area contributed by atoms with E-state index >= 15 is 0 Å². The molecule has 1 rings (SSSR count). The number of halogens is 1. The molecule has 1 N–H and O–H groups in total. The summed E-state index contributed by atoms with van der Waals surface area (Å²) in [5.41, 5.74) is 0.612. The van der Waals surface area contributed by atoms with Gasteiger partial charge in [-0.05, 0) is 38.0 Å². The third-order valence-corrected chi connectivity index (χ3v) is 5.69. The minimum Gasteiger partial charge on any atom is -0.481 e. The van der Waals surface area contributed by atoms with Gasteiger partial charge in [0.25, 0.3) is 0 Å². The Morgan fingerprint density at radius 1 is 1.37 bits per heavy atom. The van der Waals surface area contributed by atoms with Crippen LogP contribution in [-0.4, -0.2) is 30.5 Å². The average Bonchev–Trinajstić information content (AvgIpc) is 2.28. The van der Waals surface area contributed by atoms with Crippen molar-refractivity contribution in [3.63, 3.8) is 0 Å². The second kappa shape index (κ2) is 6.52. The first-order chi connectivity index (χ1) is 8.74. The van der Waals surface area contributed by atoms with Crippen molar-refractivity contribution >= 4 is 31.7 Å². The predicted octanol–water partition coefficient (Wildman–Crippen LogP) is 2.83. The SMILES string of the molecule is CC(C)S(=O)(=O)CCC(C(=O)O)c1cccc(Br)c1. The molecule has 0 radical (unpaired) electrons. The number of rotatable bonds is 6. The first-order valence-corrected chi connectivity index (χ1v) is 8.44. The van der Waals surface area contributed by atoms with Crippen LogP contribution < -0.4 is 0 Å². The Morgan fingerprint density at radius 3 is 2.47 bits per heavy atom. The number of carboxylic acids is 1. The highest BCUT2D eigenvalue weighted by Gasteiger charge is 2.24. The fourth-order valence-electron chi connectivity index (χ4n) is 1.67. The van der Waals surface area contributed by atoms with E-state index < -0.39 is 27.0 Å². The first kappa shape index (κ1) is 16.2. The Morgan fingerprint density at radius 2 is 2.00 bits per heavy atom. The van der Waals surface area contributed by atoms with Gasteiger partial charge in [0.2, 0.25) is 0 Å². The average molecular weight is 349 g/mol. The van der Waals surface area contributed by atoms with Gasteiger partial charge in [-0.1, -0.05) is 28.1 Å². The number of carboxylic acid groups (broad SMARTS) is 1. The van der Waals surface area contributed by atoms with Crippen LogP contribution in [0.2, 0.25) is 0 Å². The molecule has 0 spiro atoms. The highest BCUT2D eigenvalue weighted by Crippen LogP contribution is 2.24. The molecule has 0 bridgehead atoms. The van der Waals surface area contributed by atoms with Gasteiger partial charge in [0.1, 0.15) is 0 Å². The lowest BCUT2D eigenvalue weighted by Gasteiger charge is -2.14. The quantitative estimate of drug-likeness (QED) is 0.857. The van der Waals surface area contributed by atoms with Crippen molar-refractivity contribution < 1.29 is 18.3 Å². The predicted molar refractivity (Wildman–Crippen MR) is 78.1 cm³/mol. The Kier molecular flexibility index (Phi) is 5.55. The fourth-order valence-corrected chi connectivity index (χ4v) is 3.13. The van der Waals surface area contributed by atoms with Crippen LogP contribution in [0, 0.1) is 0 Å². The molecule has 0 fully saturated rings. The molecule has 19 heavy (non-hydrogen) atoms. The molecule has 1 aromatic rings. The summed E-state index contributed by atoms with van der Waals surface area (Å²) in [6.45, 7) is 3.20. The number of sulfone groups is 1. The molecule has 0 saturated carbocycles. The molecule has 1 unspecified atom stereocenters. The van der Waals surface area contributed by atoms with E-state index in [1.54, 1.807) is 38.1 Å². The molecule has 6 heteroatoms. The van der Waals surface area contributed by atoms with E-state index in [1.165, 1.54) is 0 Å². The Labute approximate surface area is 121 Å². The van der Waals surface area contributed by atoms with E-state index in [9.17, 15) is 18.3 Å². The maximum atomic E-state index is 11.8. The Hall–Kier alpha value is -0.880. The lowest BCUT2D eigenvalue weighted by Crippen LogP contribution is -2.22. The van der Waals surface area contributed by atoms with Crippen LogP contribution in [0.15, 0.2) is 28.7 Å². The van der Waals surface area contributed by atoms with Crippen LogP contribution >= 0.6 is 15.9 Å². The highest BCUT2D eigenvalue weighted by atomic mass is 79.9. The number of carbonyl (C=O) groups is 1. The van der Waals surface area contributed by atoms with Gasteiger partial charge < -0.3 is 5.11 Å². The van der Waals surface area contributed by atoms with Gasteiger partial charge in [-0.25, -0.2) is 8.42 Å². The van der Waals surface area contributed by atoms with Crippen LogP contribution in [0.25, 0.3) is 0 Å². The summed E-state index contributed by atoms with van der Waals surface area (Å²) in [7, 11) is -3.22. The summed E-state index contributed by atoms with van der Waals surface area (Å²) in [5, 5.41) is 8.76. The molecule has 106 valence electrons. The van der Waals surface area contributed by atoms with Gasteiger partial charge in [0.05, 0.1) is 16.9 Å². The van der Waals surface area contributed by atoms with Crippen molar-refractivity contribution in [2.24, 2.45) is 0 Å². The van der Waals surface area contributed by atoms with E-state index in [-0.39, 0.29) is 12.2 Å². The smallest absolute Gasteiger partial charge is 0.311 e. The largest absolute Gasteiger partial charge is 0.481 e. The summed E-state index contributed by atoms with van der Waals surface area (Å²) in [5.74, 6) is -1.92. The molecular formula is C13H17BrO4S. The second-order valence-electron chi connectivity index (χ2n) is 4.65. The summed E-state index contributed by atoms with van der Waals surface area (Å²) in [4.78, 5) is 11.3. The minimum atomic E-state index is -3.22. The molecule has 0 aliphatic carbocycles. The van der Waals surface area contributed by atoms with Gasteiger partial charge in [0, 0.05) is 4.47 Å². The van der Waals surface area contributed by atoms with E-state index in [4.69, 9.17) is 0 Å². The van der Waals surface area contributed by atoms with Gasteiger partial charge in [-0.15, -0.1) is 0 Å². The number of hydrogen-bond acceptors (Lipinski definition) is 3. The number of aliphatic carboxylic acids is 1. The molecule has 0 amide bonds. The van der Waals surface area contributed by atoms with Crippen LogP contribution in [0.5, 0.6) is 0 Å². The zero-order valence-electron chi connectivity index (χ0n) is 10.8. The Bertz CT molecular complexity index is 552. The van der Waals surface area contributed by atoms with E-state index in [0.717, 1.165) is 4.47 Å². The second-order valence-corrected chi connectivity index (χ2v) is 8.24. The molecule has 0 saturated heterocycles. The Balaban J connectivity index is 2.90. The number of hydrogen-bond donors (Lipinski definition) is 1. The van der Waals surface area contributed by atoms with Gasteiger partial charge >= 0.3 is 5.97 Å². The third kappa shape index (κ3) is 4.62. The van der Waals surface area contributed by atoms with Crippen molar-refractivity contribution in [2.45, 2.75) is 31.4 Å². The normalized spacial score (nSPS) is 13.5. The zero-order valence-corrected chi connectivity index (χ0v) is 13.2. The van der Waals surface area contributed by atoms with Gasteiger partial charge in [-0.2, -0.15) is 0 Å². The lowest BCUT2D eigenvalue weighted by atomic mass is 9.97. The maximum absolute atomic E-state index is 11.8. The molecular weight excluding hydrogens is 332 g/mol. The molecule has 0 aliphatic rings. The molecule has 0 aliphatic heterocycles. The van der Waals surface area contributed by atoms with Crippen LogP contribution in [0.3, 0.4) is 0 Å². The molecule has 4 nitrogen and oxygen atoms in total. The maximum Gasteiger partial charge on any atom is 0.311 e. The van der Waals surface area contributed by atoms with Crippen molar-refractivity contribution in [2.75, 3.05) is 5.75 Å². The summed E-state index contributed by atoms with van der Waals surface area (Å²) in [6, 6.07) is 6.95. The van der Waals surface area contributed by atoms with Crippen LogP contribution in [0.4, 0.5) is 0 Å². The minimum absolute atomic E-state index is 0.0896. The van der Waals surface area contributed by atoms with Crippen molar-refractivity contribution in [1.82, 2.24) is 0 Å². The van der Waals surface area contributed by atoms with Crippen molar-refractivity contribution in [3.8, 4) is 0 Å². The van der Waals surface area contributed by atoms with E-state index in [1.807, 2.05) is 0 Å². The van der Waals surface area contributed by atoms with Crippen molar-refractivity contribution in [3.05, 3.63) is 34.3 Å². The molecule has 0 aromatic heterocycles. The zero-order chi connectivity index (χ0) is 14.6. The van der Waals surface area contributed by atoms with Crippen LogP contribution in [0.1, 0.15) is 31.7 Å². The van der Waals surface area contributed by atoms with Crippen LogP contribution in [-0.2, 0) is 14.6 Å². The van der Waals surface area contributed by atoms with Gasteiger partial charge in [0.15, 0.2) is 9.84 Å².